The molecule has 2 N–H and O–H groups in total. The SMILES string of the molecule is CC(=O)SC1=CC2=CC(=O)CC(SC(C)=O)[C@@]23COC(=O)[C@]24CCC3C1C2CC[C@@]4(O)CCC(=O)O. The predicted octanol–water partition coefficient (Wildman–Crippen LogP) is 3.27. The maximum absolute atomic E-state index is 13.9. The smallest absolute Gasteiger partial charge is 0.315 e. The molecule has 7 atom stereocenters. The van der Waals surface area contributed by atoms with Gasteiger partial charge in [0.05, 0.1) is 5.60 Å². The monoisotopic (exact) mass is 534 g/mol. The molecule has 6 rings (SSSR count). The zero-order chi connectivity index (χ0) is 26.0. The first-order valence-corrected chi connectivity index (χ1v) is 14.1. The fourth-order valence-electron chi connectivity index (χ4n) is 8.04. The van der Waals surface area contributed by atoms with E-state index in [1.165, 1.54) is 13.8 Å². The number of thioether (sulfide) groups is 2. The minimum Gasteiger partial charge on any atom is -0.481 e. The van der Waals surface area contributed by atoms with E-state index in [0.717, 1.165) is 28.4 Å². The lowest BCUT2D eigenvalue weighted by Crippen LogP contribution is -2.65. The van der Waals surface area contributed by atoms with E-state index in [1.54, 1.807) is 6.08 Å². The highest BCUT2D eigenvalue weighted by atomic mass is 32.2. The predicted molar refractivity (Wildman–Crippen MR) is 133 cm³/mol. The van der Waals surface area contributed by atoms with E-state index in [2.05, 4.69) is 0 Å². The highest BCUT2D eigenvalue weighted by Gasteiger charge is 2.73. The molecule has 0 aromatic carbocycles. The van der Waals surface area contributed by atoms with E-state index in [4.69, 9.17) is 4.74 Å². The van der Waals surface area contributed by atoms with Gasteiger partial charge in [-0.15, -0.1) is 0 Å². The molecule has 6 aliphatic rings. The van der Waals surface area contributed by atoms with Crippen LogP contribution in [0.5, 0.6) is 0 Å². The molecular formula is C26H30O8S2. The Morgan fingerprint density at radius 3 is 2.47 bits per heavy atom. The Kier molecular flexibility index (Phi) is 6.32. The van der Waals surface area contributed by atoms with Crippen molar-refractivity contribution in [1.82, 2.24) is 0 Å². The van der Waals surface area contributed by atoms with Crippen molar-refractivity contribution in [2.75, 3.05) is 6.61 Å². The Labute approximate surface area is 217 Å². The Hall–Kier alpha value is -1.91. The third-order valence-corrected chi connectivity index (χ3v) is 11.4. The first-order valence-electron chi connectivity index (χ1n) is 12.4. The number of allylic oxidation sites excluding steroid dienone is 3. The van der Waals surface area contributed by atoms with Crippen LogP contribution in [0.2, 0.25) is 0 Å². The fraction of sp³-hybridized carbons (Fsp3) is 0.654. The highest BCUT2D eigenvalue weighted by molar-refractivity contribution is 8.16. The maximum Gasteiger partial charge on any atom is 0.315 e. The Bertz CT molecular complexity index is 1130. The number of fused-ring (bicyclic) bond motifs is 3. The molecule has 2 heterocycles. The van der Waals surface area contributed by atoms with Gasteiger partial charge in [-0.1, -0.05) is 23.5 Å². The summed E-state index contributed by atoms with van der Waals surface area (Å²) in [7, 11) is 0. The van der Waals surface area contributed by atoms with E-state index in [1.807, 2.05) is 6.08 Å². The van der Waals surface area contributed by atoms with Crippen LogP contribution in [0.4, 0.5) is 0 Å². The summed E-state index contributed by atoms with van der Waals surface area (Å²) >= 11 is 2.22. The number of rotatable bonds is 5. The molecule has 194 valence electrons. The lowest BCUT2D eigenvalue weighted by atomic mass is 9.46. The molecule has 4 bridgehead atoms. The van der Waals surface area contributed by atoms with Gasteiger partial charge in [0, 0.05) is 37.4 Å². The van der Waals surface area contributed by atoms with Crippen LogP contribution in [0.15, 0.2) is 22.6 Å². The second kappa shape index (κ2) is 8.84. The zero-order valence-corrected chi connectivity index (χ0v) is 21.9. The quantitative estimate of drug-likeness (QED) is 0.506. The number of carboxylic acids is 1. The second-order valence-corrected chi connectivity index (χ2v) is 13.5. The number of carboxylic acid groups (broad SMARTS) is 1. The first-order chi connectivity index (χ1) is 16.9. The number of carbonyl (C=O) groups is 5. The molecule has 8 nitrogen and oxygen atoms in total. The molecule has 0 aromatic heterocycles. The minimum absolute atomic E-state index is 0.0188. The molecule has 2 aliphatic heterocycles. The maximum atomic E-state index is 13.9. The average Bonchev–Trinajstić information content (AvgIpc) is 3.08. The van der Waals surface area contributed by atoms with Gasteiger partial charge in [-0.25, -0.2) is 0 Å². The summed E-state index contributed by atoms with van der Waals surface area (Å²) in [5, 5.41) is 20.5. The summed E-state index contributed by atoms with van der Waals surface area (Å²) in [6.45, 7) is 2.93. The summed E-state index contributed by atoms with van der Waals surface area (Å²) in [5.74, 6) is -2.32. The van der Waals surface area contributed by atoms with Crippen LogP contribution in [0.1, 0.15) is 58.8 Å². The number of esters is 1. The molecule has 4 aliphatic carbocycles. The van der Waals surface area contributed by atoms with Crippen LogP contribution in [0.3, 0.4) is 0 Å². The van der Waals surface area contributed by atoms with Crippen LogP contribution in [0.25, 0.3) is 0 Å². The molecule has 10 heteroatoms. The summed E-state index contributed by atoms with van der Waals surface area (Å²) in [6.07, 6.45) is 5.00. The van der Waals surface area contributed by atoms with Gasteiger partial charge in [0.15, 0.2) is 16.0 Å². The van der Waals surface area contributed by atoms with Gasteiger partial charge < -0.3 is 14.9 Å². The highest BCUT2D eigenvalue weighted by Crippen LogP contribution is 2.71. The molecule has 0 amide bonds. The third-order valence-electron chi connectivity index (χ3n) is 9.28. The van der Waals surface area contributed by atoms with Crippen LogP contribution >= 0.6 is 23.5 Å². The van der Waals surface area contributed by atoms with E-state index >= 15 is 0 Å². The van der Waals surface area contributed by atoms with Crippen molar-refractivity contribution in [2.24, 2.45) is 28.6 Å². The normalized spacial score (nSPS) is 40.8. The number of hydrogen-bond donors (Lipinski definition) is 2. The number of aliphatic carboxylic acids is 1. The first kappa shape index (κ1) is 25.7. The number of ketones is 1. The van der Waals surface area contributed by atoms with Crippen LogP contribution in [-0.2, 0) is 28.7 Å². The molecule has 4 fully saturated rings. The van der Waals surface area contributed by atoms with E-state index < -0.39 is 33.6 Å². The Balaban J connectivity index is 1.70. The van der Waals surface area contributed by atoms with Crippen LogP contribution in [0, 0.1) is 28.6 Å². The number of aliphatic hydroxyl groups is 1. The number of hydrogen-bond acceptors (Lipinski definition) is 9. The summed E-state index contributed by atoms with van der Waals surface area (Å²) < 4.78 is 6.01. The summed E-state index contributed by atoms with van der Waals surface area (Å²) in [6, 6.07) is 0. The average molecular weight is 535 g/mol. The van der Waals surface area contributed by atoms with Crippen molar-refractivity contribution in [3.63, 3.8) is 0 Å². The van der Waals surface area contributed by atoms with Gasteiger partial charge in [-0.2, -0.15) is 0 Å². The zero-order valence-electron chi connectivity index (χ0n) is 20.3. The van der Waals surface area contributed by atoms with Crippen molar-refractivity contribution in [3.8, 4) is 0 Å². The van der Waals surface area contributed by atoms with Gasteiger partial charge in [-0.05, 0) is 72.5 Å². The third kappa shape index (κ3) is 3.58. The van der Waals surface area contributed by atoms with E-state index in [0.29, 0.717) is 24.8 Å². The van der Waals surface area contributed by atoms with E-state index in [-0.39, 0.29) is 66.1 Å². The topological polar surface area (TPSA) is 135 Å². The fourth-order valence-corrected chi connectivity index (χ4v) is 10.3. The number of carbonyl (C=O) groups excluding carboxylic acids is 4. The van der Waals surface area contributed by atoms with Crippen molar-refractivity contribution in [2.45, 2.75) is 69.6 Å². The molecule has 36 heavy (non-hydrogen) atoms. The van der Waals surface area contributed by atoms with Crippen molar-refractivity contribution in [3.05, 3.63) is 22.6 Å². The Morgan fingerprint density at radius 1 is 1.08 bits per heavy atom. The number of ether oxygens (including phenoxy) is 1. The van der Waals surface area contributed by atoms with Crippen molar-refractivity contribution < 1.29 is 38.9 Å². The van der Waals surface area contributed by atoms with Gasteiger partial charge in [-0.3, -0.25) is 24.0 Å². The van der Waals surface area contributed by atoms with Gasteiger partial charge >= 0.3 is 11.9 Å². The van der Waals surface area contributed by atoms with Gasteiger partial charge in [0.2, 0.25) is 0 Å². The van der Waals surface area contributed by atoms with E-state index in [9.17, 15) is 34.2 Å². The summed E-state index contributed by atoms with van der Waals surface area (Å²) in [4.78, 5) is 63.4. The molecule has 0 aromatic rings. The molecule has 2 spiro atoms. The standard InChI is InChI=1S/C26H30O8S2/c1-13(27)35-19-10-15-9-16(29)11-20(36-14(2)28)25(15)12-34-23(32)26-8-4-17(25)22(19)18(26)3-6-24(26,33)7-5-21(30)31/h9-10,17-18,20,22,33H,3-8,11-12H2,1-2H3,(H,30,31)/t17?,18?,20?,22?,24-,25+,26+/m1/s1. The minimum atomic E-state index is -1.51. The second-order valence-electron chi connectivity index (χ2n) is 10.8. The molecule has 4 unspecified atom stereocenters. The van der Waals surface area contributed by atoms with Crippen LogP contribution < -0.4 is 0 Å². The lowest BCUT2D eigenvalue weighted by Gasteiger charge is -2.62. The van der Waals surface area contributed by atoms with Crippen LogP contribution in [-0.4, -0.2) is 55.6 Å². The molecule has 2 saturated heterocycles. The van der Waals surface area contributed by atoms with Crippen molar-refractivity contribution in [1.29, 1.82) is 0 Å². The Morgan fingerprint density at radius 2 is 1.81 bits per heavy atom. The summed E-state index contributed by atoms with van der Waals surface area (Å²) in [5.41, 5.74) is -2.80. The largest absolute Gasteiger partial charge is 0.481 e. The molecule has 0 radical (unpaired) electrons. The van der Waals surface area contributed by atoms with Gasteiger partial charge in [0.25, 0.3) is 0 Å². The molecular weight excluding hydrogens is 504 g/mol. The lowest BCUT2D eigenvalue weighted by molar-refractivity contribution is -0.206. The van der Waals surface area contributed by atoms with Gasteiger partial charge in [0.1, 0.15) is 12.0 Å². The van der Waals surface area contributed by atoms with Crippen molar-refractivity contribution >= 4 is 51.5 Å². The molecule has 2 saturated carbocycles.